The van der Waals surface area contributed by atoms with Crippen LogP contribution in [0.4, 0.5) is 26.3 Å². The van der Waals surface area contributed by atoms with Gasteiger partial charge < -0.3 is 0 Å². The van der Waals surface area contributed by atoms with E-state index in [0.717, 1.165) is 23.5 Å². The van der Waals surface area contributed by atoms with E-state index in [-0.39, 0.29) is 33.7 Å². The lowest BCUT2D eigenvalue weighted by atomic mass is 10.0. The van der Waals surface area contributed by atoms with Crippen molar-refractivity contribution in [3.63, 3.8) is 0 Å². The third kappa shape index (κ3) is 5.05. The molecular formula is C26H22F6N3O2S+. The Morgan fingerprint density at radius 3 is 2.47 bits per heavy atom. The highest BCUT2D eigenvalue weighted by molar-refractivity contribution is 7.91. The summed E-state index contributed by atoms with van der Waals surface area (Å²) in [4.78, 5) is 8.25. The van der Waals surface area contributed by atoms with Gasteiger partial charge in [0.25, 0.3) is 6.43 Å². The van der Waals surface area contributed by atoms with Crippen molar-refractivity contribution >= 4 is 21.8 Å². The van der Waals surface area contributed by atoms with Gasteiger partial charge in [0, 0.05) is 17.8 Å². The minimum Gasteiger partial charge on any atom is -0.264 e. The van der Waals surface area contributed by atoms with Crippen molar-refractivity contribution < 1.29 is 39.3 Å². The highest BCUT2D eigenvalue weighted by atomic mass is 32.2. The minimum atomic E-state index is -4.79. The van der Waals surface area contributed by atoms with E-state index < -0.39 is 46.4 Å². The number of halogens is 6. The molecule has 3 heterocycles. The first-order valence-electron chi connectivity index (χ1n) is 11.9. The molecule has 2 aliphatic heterocycles. The molecule has 0 N–H and O–H groups in total. The number of benzene rings is 1. The van der Waals surface area contributed by atoms with Crippen LogP contribution in [0.25, 0.3) is 11.1 Å². The maximum absolute atomic E-state index is 14.7. The molecule has 1 aliphatic carbocycles. The number of nitrogens with zero attached hydrogens (tertiary/aromatic N) is 3. The SMILES string of the molecule is CCS(=O)(=O)c1cc(-c2ccc(C3CC3)c(F)c2)cnc1C1=NC2C=C(C(F)(F)F)C=[N+](CC(F)F)C2=C1. The lowest BCUT2D eigenvalue weighted by Gasteiger charge is -2.16. The van der Waals surface area contributed by atoms with Gasteiger partial charge in [0.15, 0.2) is 22.1 Å². The highest BCUT2D eigenvalue weighted by Gasteiger charge is 2.43. The van der Waals surface area contributed by atoms with E-state index in [0.29, 0.717) is 22.9 Å². The summed E-state index contributed by atoms with van der Waals surface area (Å²) in [6.07, 6.45) is -1.89. The summed E-state index contributed by atoms with van der Waals surface area (Å²) >= 11 is 0. The summed E-state index contributed by atoms with van der Waals surface area (Å²) in [5, 5.41) is 0. The predicted molar refractivity (Wildman–Crippen MR) is 129 cm³/mol. The van der Waals surface area contributed by atoms with Gasteiger partial charge in [0.05, 0.1) is 16.4 Å². The number of aromatic nitrogens is 1. The van der Waals surface area contributed by atoms with Crippen molar-refractivity contribution in [2.75, 3.05) is 12.3 Å². The van der Waals surface area contributed by atoms with Gasteiger partial charge in [-0.3, -0.25) is 9.98 Å². The van der Waals surface area contributed by atoms with Gasteiger partial charge in [-0.15, -0.1) is 0 Å². The van der Waals surface area contributed by atoms with Crippen LogP contribution in [-0.4, -0.2) is 60.8 Å². The summed E-state index contributed by atoms with van der Waals surface area (Å²) in [5.74, 6) is -0.520. The van der Waals surface area contributed by atoms with Crippen LogP contribution in [-0.2, 0) is 9.84 Å². The van der Waals surface area contributed by atoms with Crippen molar-refractivity contribution in [2.45, 2.75) is 49.2 Å². The van der Waals surface area contributed by atoms with Crippen LogP contribution in [0.2, 0.25) is 0 Å². The van der Waals surface area contributed by atoms with Crippen LogP contribution in [0.5, 0.6) is 0 Å². The maximum atomic E-state index is 14.7. The molecule has 2 aromatic rings. The molecule has 5 nitrogen and oxygen atoms in total. The topological polar surface area (TPSA) is 62.4 Å². The number of sulfone groups is 1. The Labute approximate surface area is 214 Å². The maximum Gasteiger partial charge on any atom is 0.421 e. The summed E-state index contributed by atoms with van der Waals surface area (Å²) in [6, 6.07) is 4.75. The Bertz CT molecular complexity index is 1540. The average molecular weight is 555 g/mol. The lowest BCUT2D eigenvalue weighted by Crippen LogP contribution is -2.32. The van der Waals surface area contributed by atoms with Crippen molar-refractivity contribution in [3.05, 3.63) is 71.0 Å². The molecule has 0 saturated heterocycles. The van der Waals surface area contributed by atoms with E-state index in [2.05, 4.69) is 9.98 Å². The third-order valence-corrected chi connectivity index (χ3v) is 8.39. The number of hydrogen-bond acceptors (Lipinski definition) is 4. The van der Waals surface area contributed by atoms with Crippen molar-refractivity contribution in [1.82, 2.24) is 4.98 Å². The molecule has 0 spiro atoms. The Morgan fingerprint density at radius 1 is 1.13 bits per heavy atom. The fraction of sp³-hybridized carbons (Fsp3) is 0.346. The molecule has 12 heteroatoms. The molecule has 1 aromatic carbocycles. The van der Waals surface area contributed by atoms with Crippen LogP contribution in [0, 0.1) is 5.82 Å². The number of aliphatic imine (C=N–C) groups is 1. The second kappa shape index (κ2) is 9.48. The Hall–Kier alpha value is -3.28. The molecule has 1 atom stereocenters. The molecule has 200 valence electrons. The number of allylic oxidation sites excluding steroid dienone is 2. The van der Waals surface area contributed by atoms with Crippen LogP contribution in [0.15, 0.2) is 63.8 Å². The second-order valence-corrected chi connectivity index (χ2v) is 11.6. The van der Waals surface area contributed by atoms with Crippen LogP contribution < -0.4 is 0 Å². The molecule has 1 fully saturated rings. The lowest BCUT2D eigenvalue weighted by molar-refractivity contribution is -0.489. The zero-order valence-corrected chi connectivity index (χ0v) is 20.8. The van der Waals surface area contributed by atoms with E-state index in [1.54, 1.807) is 12.1 Å². The van der Waals surface area contributed by atoms with Gasteiger partial charge in [-0.25, -0.2) is 21.6 Å². The summed E-state index contributed by atoms with van der Waals surface area (Å²) in [5.41, 5.74) is 0.0961. The normalized spacial score (nSPS) is 19.6. The van der Waals surface area contributed by atoms with Crippen LogP contribution in [0.3, 0.4) is 0 Å². The van der Waals surface area contributed by atoms with E-state index in [9.17, 15) is 34.8 Å². The number of pyridine rings is 1. The predicted octanol–water partition coefficient (Wildman–Crippen LogP) is 5.46. The summed E-state index contributed by atoms with van der Waals surface area (Å²) < 4.78 is 108. The zero-order chi connectivity index (χ0) is 27.4. The third-order valence-electron chi connectivity index (χ3n) is 6.65. The Morgan fingerprint density at radius 2 is 1.87 bits per heavy atom. The van der Waals surface area contributed by atoms with E-state index >= 15 is 0 Å². The smallest absolute Gasteiger partial charge is 0.264 e. The van der Waals surface area contributed by atoms with Crippen molar-refractivity contribution in [3.8, 4) is 11.1 Å². The number of hydrogen-bond donors (Lipinski definition) is 0. The van der Waals surface area contributed by atoms with Gasteiger partial charge in [0.1, 0.15) is 17.1 Å². The second-order valence-electron chi connectivity index (χ2n) is 9.31. The number of fused-ring (bicyclic) bond motifs is 1. The molecule has 5 rings (SSSR count). The van der Waals surface area contributed by atoms with Crippen LogP contribution in [0.1, 0.15) is 36.9 Å². The van der Waals surface area contributed by atoms with E-state index in [4.69, 9.17) is 0 Å². The molecule has 0 amide bonds. The van der Waals surface area contributed by atoms with E-state index in [1.165, 1.54) is 31.3 Å². The Kier molecular flexibility index (Phi) is 6.57. The number of alkyl halides is 5. The fourth-order valence-corrected chi connectivity index (χ4v) is 5.60. The largest absolute Gasteiger partial charge is 0.421 e. The Balaban J connectivity index is 1.59. The minimum absolute atomic E-state index is 0.0498. The molecule has 38 heavy (non-hydrogen) atoms. The van der Waals surface area contributed by atoms with Gasteiger partial charge in [-0.2, -0.15) is 17.7 Å². The van der Waals surface area contributed by atoms with E-state index in [1.807, 2.05) is 0 Å². The van der Waals surface area contributed by atoms with Crippen molar-refractivity contribution in [2.24, 2.45) is 4.99 Å². The number of rotatable bonds is 7. The van der Waals surface area contributed by atoms with Gasteiger partial charge >= 0.3 is 6.18 Å². The fourth-order valence-electron chi connectivity index (χ4n) is 4.53. The summed E-state index contributed by atoms with van der Waals surface area (Å²) in [6.45, 7) is 0.426. The van der Waals surface area contributed by atoms with Gasteiger partial charge in [-0.05, 0) is 48.1 Å². The van der Waals surface area contributed by atoms with Gasteiger partial charge in [0.2, 0.25) is 12.2 Å². The highest BCUT2D eigenvalue weighted by Crippen LogP contribution is 2.42. The molecule has 1 unspecified atom stereocenters. The quantitative estimate of drug-likeness (QED) is 0.337. The molecule has 0 bridgehead atoms. The molecule has 1 aromatic heterocycles. The van der Waals surface area contributed by atoms with Gasteiger partial charge in [-0.1, -0.05) is 19.1 Å². The first-order chi connectivity index (χ1) is 17.9. The monoisotopic (exact) mass is 554 g/mol. The first kappa shape index (κ1) is 26.3. The zero-order valence-electron chi connectivity index (χ0n) is 20.0. The summed E-state index contributed by atoms with van der Waals surface area (Å²) in [7, 11) is -3.92. The first-order valence-corrected chi connectivity index (χ1v) is 13.5. The molecule has 3 aliphatic rings. The standard InChI is InChI=1S/C26H22F6N3O2S/c1-2-38(36,37)23-8-16(15-5-6-18(14-3-4-14)19(27)7-15)11-33-25(23)21-10-22-20(34-21)9-17(26(30,31)32)12-35(22)13-24(28)29/h5-12,14,20,24H,2-4,13H2,1H3/q+1. The van der Waals surface area contributed by atoms with Crippen LogP contribution >= 0.6 is 0 Å². The molecule has 1 saturated carbocycles. The average Bonchev–Trinajstić information content (AvgIpc) is 3.60. The molecule has 0 radical (unpaired) electrons. The van der Waals surface area contributed by atoms with Crippen molar-refractivity contribution in [1.29, 1.82) is 0 Å². The molecular weight excluding hydrogens is 532 g/mol.